The third-order valence-corrected chi connectivity index (χ3v) is 2.98. The van der Waals surface area contributed by atoms with Crippen LogP contribution in [0.3, 0.4) is 0 Å². The average Bonchev–Trinajstić information content (AvgIpc) is 2.23. The number of aliphatic hydroxyl groups is 1. The fourth-order valence-electron chi connectivity index (χ4n) is 1.30. The standard InChI is InChI=1S/C10H12BrFO3/c1-5(4-13)8-6(12)3-7(15-2)10(14)9(8)11/h3,5,13-14H,4H2,1-2H3. The number of aromatic hydroxyl groups is 1. The van der Waals surface area contributed by atoms with Crippen molar-refractivity contribution in [3.63, 3.8) is 0 Å². The van der Waals surface area contributed by atoms with Gasteiger partial charge in [-0.1, -0.05) is 6.92 Å². The van der Waals surface area contributed by atoms with E-state index in [-0.39, 0.29) is 28.1 Å². The number of methoxy groups -OCH3 is 1. The molecule has 1 atom stereocenters. The molecule has 3 nitrogen and oxygen atoms in total. The van der Waals surface area contributed by atoms with Crippen molar-refractivity contribution in [2.75, 3.05) is 13.7 Å². The van der Waals surface area contributed by atoms with Crippen LogP contribution in [-0.2, 0) is 0 Å². The van der Waals surface area contributed by atoms with Crippen LogP contribution in [0.1, 0.15) is 18.4 Å². The SMILES string of the molecule is COc1cc(F)c(C(C)CO)c(Br)c1O. The summed E-state index contributed by atoms with van der Waals surface area (Å²) in [4.78, 5) is 0. The normalized spacial score (nSPS) is 12.6. The third kappa shape index (κ3) is 2.23. The molecule has 0 saturated carbocycles. The van der Waals surface area contributed by atoms with Gasteiger partial charge in [-0.25, -0.2) is 4.39 Å². The van der Waals surface area contributed by atoms with Gasteiger partial charge in [-0.05, 0) is 15.9 Å². The third-order valence-electron chi connectivity index (χ3n) is 2.18. The molecule has 0 aliphatic heterocycles. The maximum absolute atomic E-state index is 13.6. The van der Waals surface area contributed by atoms with Crippen LogP contribution in [0.2, 0.25) is 0 Å². The van der Waals surface area contributed by atoms with E-state index >= 15 is 0 Å². The fraction of sp³-hybridized carbons (Fsp3) is 0.400. The van der Waals surface area contributed by atoms with Gasteiger partial charge in [-0.3, -0.25) is 0 Å². The van der Waals surface area contributed by atoms with Gasteiger partial charge < -0.3 is 14.9 Å². The fourth-order valence-corrected chi connectivity index (χ4v) is 2.08. The van der Waals surface area contributed by atoms with Gasteiger partial charge in [0.05, 0.1) is 11.6 Å². The minimum Gasteiger partial charge on any atom is -0.503 e. The van der Waals surface area contributed by atoms with Crippen LogP contribution >= 0.6 is 15.9 Å². The molecule has 0 aliphatic carbocycles. The molecule has 1 unspecified atom stereocenters. The lowest BCUT2D eigenvalue weighted by atomic mass is 10.0. The van der Waals surface area contributed by atoms with Crippen molar-refractivity contribution in [3.8, 4) is 11.5 Å². The molecule has 1 rings (SSSR count). The monoisotopic (exact) mass is 278 g/mol. The van der Waals surface area contributed by atoms with Crippen LogP contribution in [0.15, 0.2) is 10.5 Å². The number of hydrogen-bond acceptors (Lipinski definition) is 3. The van der Waals surface area contributed by atoms with E-state index in [9.17, 15) is 9.50 Å². The number of rotatable bonds is 3. The maximum atomic E-state index is 13.6. The van der Waals surface area contributed by atoms with Gasteiger partial charge in [0, 0.05) is 24.2 Å². The summed E-state index contributed by atoms with van der Waals surface area (Å²) in [5, 5.41) is 18.6. The van der Waals surface area contributed by atoms with Gasteiger partial charge >= 0.3 is 0 Å². The van der Waals surface area contributed by atoms with E-state index in [1.807, 2.05) is 0 Å². The summed E-state index contributed by atoms with van der Waals surface area (Å²) in [7, 11) is 1.34. The van der Waals surface area contributed by atoms with E-state index in [1.165, 1.54) is 7.11 Å². The van der Waals surface area contributed by atoms with E-state index < -0.39 is 11.7 Å². The minimum atomic E-state index is -0.516. The number of hydrogen-bond donors (Lipinski definition) is 2. The van der Waals surface area contributed by atoms with Crippen LogP contribution < -0.4 is 4.74 Å². The number of ether oxygens (including phenoxy) is 1. The molecule has 0 bridgehead atoms. The Morgan fingerprint density at radius 3 is 2.67 bits per heavy atom. The predicted octanol–water partition coefficient (Wildman–Crippen LogP) is 2.40. The summed E-state index contributed by atoms with van der Waals surface area (Å²) in [6.07, 6.45) is 0. The second kappa shape index (κ2) is 4.81. The number of benzene rings is 1. The van der Waals surface area contributed by atoms with Crippen LogP contribution in [0.25, 0.3) is 0 Å². The van der Waals surface area contributed by atoms with Crippen molar-refractivity contribution >= 4 is 15.9 Å². The number of halogens is 2. The number of aliphatic hydroxyl groups excluding tert-OH is 1. The lowest BCUT2D eigenvalue weighted by Gasteiger charge is -2.15. The first-order valence-electron chi connectivity index (χ1n) is 4.38. The van der Waals surface area contributed by atoms with E-state index in [0.29, 0.717) is 0 Å². The molecular weight excluding hydrogens is 267 g/mol. The van der Waals surface area contributed by atoms with Gasteiger partial charge in [0.15, 0.2) is 11.5 Å². The zero-order valence-electron chi connectivity index (χ0n) is 8.42. The Hall–Kier alpha value is -0.810. The Kier molecular flexibility index (Phi) is 3.93. The van der Waals surface area contributed by atoms with Crippen LogP contribution in [0.4, 0.5) is 4.39 Å². The van der Waals surface area contributed by atoms with E-state index in [2.05, 4.69) is 15.9 Å². The van der Waals surface area contributed by atoms with Crippen molar-refractivity contribution in [3.05, 3.63) is 21.9 Å². The topological polar surface area (TPSA) is 49.7 Å². The molecule has 0 spiro atoms. The summed E-state index contributed by atoms with van der Waals surface area (Å²) in [5.74, 6) is -1.00. The molecule has 2 N–H and O–H groups in total. The highest BCUT2D eigenvalue weighted by Crippen LogP contribution is 2.41. The predicted molar refractivity (Wildman–Crippen MR) is 57.8 cm³/mol. The average molecular weight is 279 g/mol. The Bertz CT molecular complexity index is 368. The summed E-state index contributed by atoms with van der Waals surface area (Å²) in [6, 6.07) is 1.10. The Labute approximate surface area is 95.6 Å². The van der Waals surface area contributed by atoms with Crippen molar-refractivity contribution in [2.24, 2.45) is 0 Å². The second-order valence-electron chi connectivity index (χ2n) is 3.22. The van der Waals surface area contributed by atoms with Crippen molar-refractivity contribution in [1.29, 1.82) is 0 Å². The van der Waals surface area contributed by atoms with Crippen LogP contribution in [0, 0.1) is 5.82 Å². The molecule has 1 aromatic carbocycles. The van der Waals surface area contributed by atoms with E-state index in [4.69, 9.17) is 9.84 Å². The van der Waals surface area contributed by atoms with Crippen LogP contribution in [0.5, 0.6) is 11.5 Å². The highest BCUT2D eigenvalue weighted by molar-refractivity contribution is 9.10. The molecule has 5 heteroatoms. The maximum Gasteiger partial charge on any atom is 0.172 e. The van der Waals surface area contributed by atoms with Crippen molar-refractivity contribution < 1.29 is 19.3 Å². The van der Waals surface area contributed by atoms with Gasteiger partial charge in [0.1, 0.15) is 5.82 Å². The summed E-state index contributed by atoms with van der Waals surface area (Å²) in [5.41, 5.74) is 0.246. The highest BCUT2D eigenvalue weighted by atomic mass is 79.9. The van der Waals surface area contributed by atoms with Gasteiger partial charge in [0.2, 0.25) is 0 Å². The molecule has 84 valence electrons. The number of phenols is 1. The summed E-state index contributed by atoms with van der Waals surface area (Å²) < 4.78 is 18.6. The Balaban J connectivity index is 3.35. The van der Waals surface area contributed by atoms with Crippen LogP contribution in [-0.4, -0.2) is 23.9 Å². The van der Waals surface area contributed by atoms with E-state index in [0.717, 1.165) is 6.07 Å². The molecule has 0 radical (unpaired) electrons. The largest absolute Gasteiger partial charge is 0.503 e. The molecule has 0 aliphatic rings. The molecule has 0 saturated heterocycles. The first kappa shape index (κ1) is 12.3. The van der Waals surface area contributed by atoms with Gasteiger partial charge in [0.25, 0.3) is 0 Å². The van der Waals surface area contributed by atoms with E-state index in [1.54, 1.807) is 6.92 Å². The highest BCUT2D eigenvalue weighted by Gasteiger charge is 2.20. The van der Waals surface area contributed by atoms with Crippen molar-refractivity contribution in [1.82, 2.24) is 0 Å². The molecule has 0 aromatic heterocycles. The molecule has 15 heavy (non-hydrogen) atoms. The zero-order valence-corrected chi connectivity index (χ0v) is 10.0. The first-order chi connectivity index (χ1) is 7.02. The summed E-state index contributed by atoms with van der Waals surface area (Å²) in [6.45, 7) is 1.47. The van der Waals surface area contributed by atoms with Crippen molar-refractivity contribution in [2.45, 2.75) is 12.8 Å². The summed E-state index contributed by atoms with van der Waals surface area (Å²) >= 11 is 3.08. The molecular formula is C10H12BrFO3. The molecule has 0 heterocycles. The molecule has 0 amide bonds. The zero-order chi connectivity index (χ0) is 11.6. The lowest BCUT2D eigenvalue weighted by molar-refractivity contribution is 0.269. The second-order valence-corrected chi connectivity index (χ2v) is 4.01. The number of phenolic OH excluding ortho intramolecular Hbond substituents is 1. The first-order valence-corrected chi connectivity index (χ1v) is 5.17. The van der Waals surface area contributed by atoms with Gasteiger partial charge in [-0.15, -0.1) is 0 Å². The molecule has 0 fully saturated rings. The molecule has 1 aromatic rings. The minimum absolute atomic E-state index is 0.0632. The van der Waals surface area contributed by atoms with Gasteiger partial charge in [-0.2, -0.15) is 0 Å². The lowest BCUT2D eigenvalue weighted by Crippen LogP contribution is -2.04. The Morgan fingerprint density at radius 2 is 2.20 bits per heavy atom. The Morgan fingerprint density at radius 1 is 1.60 bits per heavy atom. The smallest absolute Gasteiger partial charge is 0.172 e. The quantitative estimate of drug-likeness (QED) is 0.893.